The number of benzene rings is 2. The standard InChI is InChI=1S/C16H14N2O3/c19-15(12-4-2-1-3-5-12)10-20-14-8-6-13(7-9-14)16-18-17-11-21-16/h1-9,11,15,19H,10H2. The molecule has 0 aliphatic heterocycles. The van der Waals surface area contributed by atoms with Crippen molar-refractivity contribution in [1.29, 1.82) is 0 Å². The van der Waals surface area contributed by atoms with Crippen molar-refractivity contribution in [3.05, 3.63) is 66.6 Å². The molecule has 0 radical (unpaired) electrons. The Balaban J connectivity index is 1.61. The fourth-order valence-electron chi connectivity index (χ4n) is 1.94. The Bertz CT molecular complexity index is 667. The first-order valence-corrected chi connectivity index (χ1v) is 6.55. The predicted molar refractivity (Wildman–Crippen MR) is 76.6 cm³/mol. The zero-order chi connectivity index (χ0) is 14.5. The van der Waals surface area contributed by atoms with Crippen LogP contribution in [0.4, 0.5) is 0 Å². The van der Waals surface area contributed by atoms with E-state index in [-0.39, 0.29) is 6.61 Å². The van der Waals surface area contributed by atoms with Gasteiger partial charge in [0.05, 0.1) is 0 Å². The molecule has 106 valence electrons. The van der Waals surface area contributed by atoms with Gasteiger partial charge in [0.25, 0.3) is 0 Å². The highest BCUT2D eigenvalue weighted by molar-refractivity contribution is 5.53. The molecule has 21 heavy (non-hydrogen) atoms. The zero-order valence-electron chi connectivity index (χ0n) is 11.2. The summed E-state index contributed by atoms with van der Waals surface area (Å²) in [5, 5.41) is 17.5. The summed E-state index contributed by atoms with van der Waals surface area (Å²) in [6.45, 7) is 0.198. The molecule has 3 aromatic rings. The van der Waals surface area contributed by atoms with Gasteiger partial charge in [0.15, 0.2) is 0 Å². The normalized spacial score (nSPS) is 12.0. The zero-order valence-corrected chi connectivity index (χ0v) is 11.2. The number of rotatable bonds is 5. The number of aliphatic hydroxyl groups excluding tert-OH is 1. The third-order valence-corrected chi connectivity index (χ3v) is 3.05. The SMILES string of the molecule is OC(COc1ccc(-c2nnco2)cc1)c1ccccc1. The Morgan fingerprint density at radius 3 is 2.48 bits per heavy atom. The van der Waals surface area contributed by atoms with Crippen molar-refractivity contribution in [2.75, 3.05) is 6.61 Å². The van der Waals surface area contributed by atoms with Crippen molar-refractivity contribution >= 4 is 0 Å². The minimum atomic E-state index is -0.651. The topological polar surface area (TPSA) is 68.4 Å². The van der Waals surface area contributed by atoms with Crippen LogP contribution >= 0.6 is 0 Å². The lowest BCUT2D eigenvalue weighted by Crippen LogP contribution is -2.09. The predicted octanol–water partition coefficient (Wildman–Crippen LogP) is 2.85. The Morgan fingerprint density at radius 2 is 1.81 bits per heavy atom. The Labute approximate surface area is 121 Å². The summed E-state index contributed by atoms with van der Waals surface area (Å²) in [7, 11) is 0. The molecule has 1 atom stereocenters. The van der Waals surface area contributed by atoms with Gasteiger partial charge in [0.2, 0.25) is 12.3 Å². The van der Waals surface area contributed by atoms with Gasteiger partial charge in [0, 0.05) is 5.56 Å². The van der Waals surface area contributed by atoms with Gasteiger partial charge in [-0.1, -0.05) is 30.3 Å². The smallest absolute Gasteiger partial charge is 0.247 e. The van der Waals surface area contributed by atoms with Gasteiger partial charge in [0.1, 0.15) is 18.5 Å². The van der Waals surface area contributed by atoms with Crippen molar-refractivity contribution in [1.82, 2.24) is 10.2 Å². The quantitative estimate of drug-likeness (QED) is 0.779. The molecule has 2 aromatic carbocycles. The fraction of sp³-hybridized carbons (Fsp3) is 0.125. The number of aromatic nitrogens is 2. The van der Waals surface area contributed by atoms with E-state index >= 15 is 0 Å². The minimum absolute atomic E-state index is 0.198. The van der Waals surface area contributed by atoms with E-state index in [1.54, 1.807) is 12.1 Å². The average Bonchev–Trinajstić information content (AvgIpc) is 3.08. The monoisotopic (exact) mass is 282 g/mol. The number of hydrogen-bond donors (Lipinski definition) is 1. The molecule has 3 rings (SSSR count). The van der Waals surface area contributed by atoms with Crippen LogP contribution < -0.4 is 4.74 Å². The van der Waals surface area contributed by atoms with E-state index in [4.69, 9.17) is 9.15 Å². The highest BCUT2D eigenvalue weighted by Crippen LogP contribution is 2.21. The summed E-state index contributed by atoms with van der Waals surface area (Å²) in [5.74, 6) is 1.14. The van der Waals surface area contributed by atoms with Crippen molar-refractivity contribution in [3.8, 4) is 17.2 Å². The van der Waals surface area contributed by atoms with E-state index in [1.165, 1.54) is 6.39 Å². The largest absolute Gasteiger partial charge is 0.491 e. The van der Waals surface area contributed by atoms with Crippen molar-refractivity contribution in [2.45, 2.75) is 6.10 Å². The maximum absolute atomic E-state index is 10.0. The van der Waals surface area contributed by atoms with E-state index in [9.17, 15) is 5.11 Å². The van der Waals surface area contributed by atoms with Crippen molar-refractivity contribution in [3.63, 3.8) is 0 Å². The molecular formula is C16H14N2O3. The number of aliphatic hydroxyl groups is 1. The summed E-state index contributed by atoms with van der Waals surface area (Å²) < 4.78 is 10.7. The van der Waals surface area contributed by atoms with Crippen LogP contribution in [0.25, 0.3) is 11.5 Å². The van der Waals surface area contributed by atoms with Crippen LogP contribution in [0.15, 0.2) is 65.4 Å². The number of hydrogen-bond acceptors (Lipinski definition) is 5. The van der Waals surface area contributed by atoms with Gasteiger partial charge in [-0.2, -0.15) is 0 Å². The Morgan fingerprint density at radius 1 is 1.05 bits per heavy atom. The van der Waals surface area contributed by atoms with Gasteiger partial charge in [-0.05, 0) is 29.8 Å². The van der Waals surface area contributed by atoms with Gasteiger partial charge in [-0.15, -0.1) is 10.2 Å². The van der Waals surface area contributed by atoms with E-state index in [0.717, 1.165) is 11.1 Å². The highest BCUT2D eigenvalue weighted by Gasteiger charge is 2.08. The van der Waals surface area contributed by atoms with E-state index < -0.39 is 6.10 Å². The lowest BCUT2D eigenvalue weighted by atomic mass is 10.1. The molecular weight excluding hydrogens is 268 g/mol. The molecule has 0 saturated carbocycles. The van der Waals surface area contributed by atoms with E-state index in [0.29, 0.717) is 11.6 Å². The average molecular weight is 282 g/mol. The molecule has 1 aromatic heterocycles. The molecule has 0 aliphatic carbocycles. The Kier molecular flexibility index (Phi) is 3.93. The van der Waals surface area contributed by atoms with Crippen LogP contribution in [-0.2, 0) is 0 Å². The van der Waals surface area contributed by atoms with Gasteiger partial charge in [-0.25, -0.2) is 0 Å². The molecule has 5 nitrogen and oxygen atoms in total. The van der Waals surface area contributed by atoms with Crippen LogP contribution in [-0.4, -0.2) is 21.9 Å². The summed E-state index contributed by atoms with van der Waals surface area (Å²) >= 11 is 0. The summed E-state index contributed by atoms with van der Waals surface area (Å²) in [6.07, 6.45) is 0.637. The van der Waals surface area contributed by atoms with Crippen molar-refractivity contribution in [2.24, 2.45) is 0 Å². The first-order valence-electron chi connectivity index (χ1n) is 6.55. The summed E-state index contributed by atoms with van der Waals surface area (Å²) in [4.78, 5) is 0. The van der Waals surface area contributed by atoms with Crippen LogP contribution in [0, 0.1) is 0 Å². The van der Waals surface area contributed by atoms with Crippen LogP contribution in [0.5, 0.6) is 5.75 Å². The maximum atomic E-state index is 10.0. The maximum Gasteiger partial charge on any atom is 0.247 e. The molecule has 0 amide bonds. The second kappa shape index (κ2) is 6.19. The lowest BCUT2D eigenvalue weighted by Gasteiger charge is -2.12. The van der Waals surface area contributed by atoms with Crippen LogP contribution in [0.1, 0.15) is 11.7 Å². The van der Waals surface area contributed by atoms with Gasteiger partial charge in [-0.3, -0.25) is 0 Å². The fourth-order valence-corrected chi connectivity index (χ4v) is 1.94. The second-order valence-corrected chi connectivity index (χ2v) is 4.51. The lowest BCUT2D eigenvalue weighted by molar-refractivity contribution is 0.108. The molecule has 1 heterocycles. The number of nitrogens with zero attached hydrogens (tertiary/aromatic N) is 2. The molecule has 0 bridgehead atoms. The van der Waals surface area contributed by atoms with Crippen LogP contribution in [0.2, 0.25) is 0 Å². The van der Waals surface area contributed by atoms with E-state index in [1.807, 2.05) is 42.5 Å². The van der Waals surface area contributed by atoms with Crippen LogP contribution in [0.3, 0.4) is 0 Å². The van der Waals surface area contributed by atoms with Gasteiger partial charge < -0.3 is 14.3 Å². The molecule has 5 heteroatoms. The first kappa shape index (κ1) is 13.3. The van der Waals surface area contributed by atoms with Gasteiger partial charge >= 0.3 is 0 Å². The first-order chi connectivity index (χ1) is 10.3. The molecule has 1 unspecified atom stereocenters. The Hall–Kier alpha value is -2.66. The molecule has 1 N–H and O–H groups in total. The summed E-state index contributed by atoms with van der Waals surface area (Å²) in [6, 6.07) is 16.7. The highest BCUT2D eigenvalue weighted by atomic mass is 16.5. The molecule has 0 aliphatic rings. The third-order valence-electron chi connectivity index (χ3n) is 3.05. The van der Waals surface area contributed by atoms with Crippen molar-refractivity contribution < 1.29 is 14.3 Å². The molecule has 0 spiro atoms. The minimum Gasteiger partial charge on any atom is -0.491 e. The number of ether oxygens (including phenoxy) is 1. The van der Waals surface area contributed by atoms with E-state index in [2.05, 4.69) is 10.2 Å². The summed E-state index contributed by atoms with van der Waals surface area (Å²) in [5.41, 5.74) is 1.66. The second-order valence-electron chi connectivity index (χ2n) is 4.51. The third kappa shape index (κ3) is 3.27. The molecule has 0 saturated heterocycles. The molecule has 0 fully saturated rings.